The van der Waals surface area contributed by atoms with Crippen LogP contribution in [-0.4, -0.2) is 41.5 Å². The summed E-state index contributed by atoms with van der Waals surface area (Å²) in [7, 11) is 0. The predicted molar refractivity (Wildman–Crippen MR) is 126 cm³/mol. The van der Waals surface area contributed by atoms with E-state index in [2.05, 4.69) is 25.3 Å². The number of hydrogen-bond donors (Lipinski definition) is 4. The van der Waals surface area contributed by atoms with E-state index in [9.17, 15) is 9.59 Å². The minimum Gasteiger partial charge on any atom is -0.478 e. The van der Waals surface area contributed by atoms with Crippen molar-refractivity contribution in [1.82, 2.24) is 20.8 Å². The quantitative estimate of drug-likeness (QED) is 0.236. The van der Waals surface area contributed by atoms with Gasteiger partial charge in [-0.1, -0.05) is 24.4 Å². The SMILES string of the molecule is N=C/C(C(=O)NC1C2CC3CC(C2)CC1C3)=C(\NCCc1noc(=O)[nH]1)OCC1CCCCC1. The molecule has 0 spiro atoms. The van der Waals surface area contributed by atoms with E-state index in [0.29, 0.717) is 49.0 Å². The highest BCUT2D eigenvalue weighted by molar-refractivity contribution is 6.11. The second-order valence-corrected chi connectivity index (χ2v) is 10.9. The van der Waals surface area contributed by atoms with Crippen molar-refractivity contribution >= 4 is 12.1 Å². The lowest BCUT2D eigenvalue weighted by Gasteiger charge is -2.54. The number of H-pyrrole nitrogens is 1. The smallest absolute Gasteiger partial charge is 0.438 e. The Bertz CT molecular complexity index is 933. The highest BCUT2D eigenvalue weighted by atomic mass is 16.5. The van der Waals surface area contributed by atoms with Crippen molar-refractivity contribution in [3.05, 3.63) is 27.8 Å². The van der Waals surface area contributed by atoms with E-state index in [1.165, 1.54) is 51.4 Å². The summed E-state index contributed by atoms with van der Waals surface area (Å²) in [5.41, 5.74) is 0.235. The second kappa shape index (κ2) is 10.4. The maximum atomic E-state index is 13.4. The number of ether oxygens (including phenoxy) is 1. The molecule has 5 fully saturated rings. The van der Waals surface area contributed by atoms with Gasteiger partial charge in [0.05, 0.1) is 6.61 Å². The van der Waals surface area contributed by atoms with Gasteiger partial charge in [-0.15, -0.1) is 0 Å². The summed E-state index contributed by atoms with van der Waals surface area (Å²) in [6.45, 7) is 0.927. The number of nitrogens with one attached hydrogen (secondary N) is 4. The Balaban J connectivity index is 1.27. The van der Waals surface area contributed by atoms with Gasteiger partial charge in [-0.05, 0) is 74.5 Å². The Kier molecular flexibility index (Phi) is 7.06. The van der Waals surface area contributed by atoms with Crippen LogP contribution in [0.1, 0.15) is 70.0 Å². The predicted octanol–water partition coefficient (Wildman–Crippen LogP) is 2.89. The summed E-state index contributed by atoms with van der Waals surface area (Å²) in [6.07, 6.45) is 13.7. The molecule has 9 nitrogen and oxygen atoms in total. The molecule has 0 unspecified atom stereocenters. The molecule has 5 saturated carbocycles. The van der Waals surface area contributed by atoms with Gasteiger partial charge in [0.25, 0.3) is 5.91 Å². The molecule has 4 N–H and O–H groups in total. The minimum atomic E-state index is -0.588. The van der Waals surface area contributed by atoms with Crippen molar-refractivity contribution in [3.8, 4) is 0 Å². The average molecular weight is 472 g/mol. The number of aromatic amines is 1. The van der Waals surface area contributed by atoms with E-state index in [1.54, 1.807) is 0 Å². The number of nitrogens with zero attached hydrogens (tertiary/aromatic N) is 1. The van der Waals surface area contributed by atoms with Gasteiger partial charge in [0.15, 0.2) is 5.82 Å². The van der Waals surface area contributed by atoms with Gasteiger partial charge in [-0.25, -0.2) is 4.79 Å². The molecule has 0 aromatic carbocycles. The molecule has 1 heterocycles. The topological polar surface area (TPSA) is 133 Å². The van der Waals surface area contributed by atoms with Crippen LogP contribution in [0.4, 0.5) is 0 Å². The minimum absolute atomic E-state index is 0.204. The second-order valence-electron chi connectivity index (χ2n) is 10.9. The van der Waals surface area contributed by atoms with Crippen molar-refractivity contribution < 1.29 is 14.1 Å². The first-order valence-electron chi connectivity index (χ1n) is 13.1. The van der Waals surface area contributed by atoms with Gasteiger partial charge < -0.3 is 20.8 Å². The third-order valence-electron chi connectivity index (χ3n) is 8.48. The van der Waals surface area contributed by atoms with Gasteiger partial charge in [0, 0.05) is 25.2 Å². The number of aromatic nitrogens is 2. The number of amides is 1. The Labute approximate surface area is 200 Å². The zero-order valence-corrected chi connectivity index (χ0v) is 19.8. The molecule has 0 saturated heterocycles. The molecule has 9 heteroatoms. The standard InChI is InChI=1S/C25H37N5O4/c26-13-20(23(31)29-22-18-9-16-8-17(11-18)12-19(22)10-16)24(33-14-15-4-2-1-3-5-15)27-7-6-21-28-25(32)34-30-21/h13,15-19,22,26-27H,1-12,14H2,(H,29,31)(H,28,30,32)/b24-20-,26-13?. The molecule has 4 bridgehead atoms. The van der Waals surface area contributed by atoms with Crippen molar-refractivity contribution in [2.75, 3.05) is 13.2 Å². The Hall–Kier alpha value is -2.58. The lowest BCUT2D eigenvalue weighted by Crippen LogP contribution is -2.56. The fourth-order valence-corrected chi connectivity index (χ4v) is 7.07. The van der Waals surface area contributed by atoms with E-state index in [1.807, 2.05) is 0 Å². The molecule has 0 atom stereocenters. The van der Waals surface area contributed by atoms with Crippen LogP contribution in [0.25, 0.3) is 0 Å². The molecular weight excluding hydrogens is 434 g/mol. The first-order chi connectivity index (χ1) is 16.6. The van der Waals surface area contributed by atoms with Crippen molar-refractivity contribution in [1.29, 1.82) is 5.41 Å². The normalized spacial score (nSPS) is 31.1. The Morgan fingerprint density at radius 2 is 1.82 bits per heavy atom. The molecule has 1 aromatic heterocycles. The van der Waals surface area contributed by atoms with Crippen molar-refractivity contribution in [3.63, 3.8) is 0 Å². The van der Waals surface area contributed by atoms with E-state index in [-0.39, 0.29) is 17.5 Å². The van der Waals surface area contributed by atoms with Crippen LogP contribution < -0.4 is 16.4 Å². The molecule has 6 rings (SSSR count). The van der Waals surface area contributed by atoms with Gasteiger partial charge in [0.2, 0.25) is 5.88 Å². The Morgan fingerprint density at radius 3 is 2.44 bits per heavy atom. The first-order valence-corrected chi connectivity index (χ1v) is 13.1. The van der Waals surface area contributed by atoms with Gasteiger partial charge in [-0.2, -0.15) is 0 Å². The van der Waals surface area contributed by atoms with E-state index in [0.717, 1.165) is 30.9 Å². The third-order valence-corrected chi connectivity index (χ3v) is 8.48. The number of rotatable bonds is 10. The van der Waals surface area contributed by atoms with Gasteiger partial charge in [0.1, 0.15) is 5.57 Å². The summed E-state index contributed by atoms with van der Waals surface area (Å²) in [5, 5.41) is 18.2. The maximum absolute atomic E-state index is 13.4. The zero-order chi connectivity index (χ0) is 23.5. The third kappa shape index (κ3) is 5.23. The fourth-order valence-electron chi connectivity index (χ4n) is 7.07. The van der Waals surface area contributed by atoms with Crippen LogP contribution in [-0.2, 0) is 16.0 Å². The first kappa shape index (κ1) is 23.2. The van der Waals surface area contributed by atoms with Crippen LogP contribution in [0, 0.1) is 35.0 Å². The largest absolute Gasteiger partial charge is 0.478 e. The molecule has 1 amide bonds. The summed E-state index contributed by atoms with van der Waals surface area (Å²) in [5.74, 6) is 3.23. The van der Waals surface area contributed by atoms with E-state index >= 15 is 0 Å². The number of carbonyl (C=O) groups excluding carboxylic acids is 1. The number of hydrogen-bond acceptors (Lipinski definition) is 7. The van der Waals surface area contributed by atoms with Crippen LogP contribution in [0.3, 0.4) is 0 Å². The van der Waals surface area contributed by atoms with Crippen LogP contribution in [0.2, 0.25) is 0 Å². The summed E-state index contributed by atoms with van der Waals surface area (Å²) in [6, 6.07) is 0.204. The highest BCUT2D eigenvalue weighted by Gasteiger charge is 2.48. The van der Waals surface area contributed by atoms with Crippen LogP contribution >= 0.6 is 0 Å². The number of carbonyl (C=O) groups is 1. The summed E-state index contributed by atoms with van der Waals surface area (Å²) >= 11 is 0. The molecular formula is C25H37N5O4. The van der Waals surface area contributed by atoms with Gasteiger partial charge >= 0.3 is 5.76 Å². The zero-order valence-electron chi connectivity index (χ0n) is 19.8. The molecule has 34 heavy (non-hydrogen) atoms. The monoisotopic (exact) mass is 471 g/mol. The summed E-state index contributed by atoms with van der Waals surface area (Å²) in [4.78, 5) is 27.1. The van der Waals surface area contributed by atoms with Crippen molar-refractivity contribution in [2.24, 2.45) is 29.6 Å². The Morgan fingerprint density at radius 1 is 1.12 bits per heavy atom. The lowest BCUT2D eigenvalue weighted by molar-refractivity contribution is -0.121. The summed E-state index contributed by atoms with van der Waals surface area (Å²) < 4.78 is 10.7. The lowest BCUT2D eigenvalue weighted by atomic mass is 9.54. The molecule has 186 valence electrons. The van der Waals surface area contributed by atoms with Gasteiger partial charge in [-0.3, -0.25) is 14.3 Å². The molecule has 0 radical (unpaired) electrons. The average Bonchev–Trinajstić information content (AvgIpc) is 3.25. The molecule has 0 aliphatic heterocycles. The molecule has 5 aliphatic rings. The molecule has 1 aromatic rings. The van der Waals surface area contributed by atoms with Crippen LogP contribution in [0.15, 0.2) is 20.8 Å². The van der Waals surface area contributed by atoms with E-state index in [4.69, 9.17) is 10.1 Å². The molecule has 5 aliphatic carbocycles. The fraction of sp³-hybridized carbons (Fsp3) is 0.760. The highest BCUT2D eigenvalue weighted by Crippen LogP contribution is 2.53. The van der Waals surface area contributed by atoms with Crippen molar-refractivity contribution in [2.45, 2.75) is 76.7 Å². The maximum Gasteiger partial charge on any atom is 0.438 e. The van der Waals surface area contributed by atoms with Crippen LogP contribution in [0.5, 0.6) is 0 Å². The van der Waals surface area contributed by atoms with E-state index < -0.39 is 5.76 Å².